The fourth-order valence-electron chi connectivity index (χ4n) is 1.43. The Morgan fingerprint density at radius 1 is 1.18 bits per heavy atom. The van der Waals surface area contributed by atoms with E-state index in [2.05, 4.69) is 0 Å². The second-order valence-electron chi connectivity index (χ2n) is 3.53. The molecule has 3 heteroatoms. The third kappa shape index (κ3) is 2.92. The van der Waals surface area contributed by atoms with Crippen LogP contribution in [0.25, 0.3) is 6.08 Å². The van der Waals surface area contributed by atoms with Crippen molar-refractivity contribution in [3.63, 3.8) is 0 Å². The van der Waals surface area contributed by atoms with E-state index in [1.165, 1.54) is 6.08 Å². The third-order valence-electron chi connectivity index (χ3n) is 2.30. The summed E-state index contributed by atoms with van der Waals surface area (Å²) in [7, 11) is 0. The predicted octanol–water partition coefficient (Wildman–Crippen LogP) is 2.67. The summed E-state index contributed by atoms with van der Waals surface area (Å²) in [5.74, 6) is 0.961. The minimum absolute atomic E-state index is 0.0763. The van der Waals surface area contributed by atoms with Gasteiger partial charge in [-0.25, -0.2) is 0 Å². The van der Waals surface area contributed by atoms with Crippen LogP contribution in [0.3, 0.4) is 0 Å². The molecule has 0 atom stereocenters. The molecule has 0 unspecified atom stereocenters. The number of hydrogen-bond donors (Lipinski definition) is 1. The highest BCUT2D eigenvalue weighted by atomic mass is 16.4. The SMILES string of the molecule is O=C(C=Cc1ccc(CO)o1)c1ccccc1. The lowest BCUT2D eigenvalue weighted by molar-refractivity contribution is 0.104. The van der Waals surface area contributed by atoms with E-state index < -0.39 is 0 Å². The third-order valence-corrected chi connectivity index (χ3v) is 2.30. The zero-order chi connectivity index (χ0) is 12.1. The Kier molecular flexibility index (Phi) is 3.52. The first kappa shape index (κ1) is 11.4. The van der Waals surface area contributed by atoms with Crippen molar-refractivity contribution in [1.82, 2.24) is 0 Å². The number of aliphatic hydroxyl groups is 1. The molecule has 3 nitrogen and oxygen atoms in total. The van der Waals surface area contributed by atoms with Crippen molar-refractivity contribution < 1.29 is 14.3 Å². The molecule has 0 aliphatic heterocycles. The average Bonchev–Trinajstić information content (AvgIpc) is 2.85. The highest BCUT2D eigenvalue weighted by Crippen LogP contribution is 2.10. The lowest BCUT2D eigenvalue weighted by Crippen LogP contribution is -1.92. The Bertz CT molecular complexity index is 523. The van der Waals surface area contributed by atoms with Gasteiger partial charge in [0.25, 0.3) is 0 Å². The molecule has 0 spiro atoms. The smallest absolute Gasteiger partial charge is 0.185 e. The summed E-state index contributed by atoms with van der Waals surface area (Å²) in [5.41, 5.74) is 0.637. The first-order valence-corrected chi connectivity index (χ1v) is 5.26. The molecule has 0 aliphatic rings. The number of hydrogen-bond acceptors (Lipinski definition) is 3. The molecular formula is C14H12O3. The zero-order valence-corrected chi connectivity index (χ0v) is 9.17. The monoisotopic (exact) mass is 228 g/mol. The molecule has 1 aromatic carbocycles. The molecule has 1 aromatic heterocycles. The van der Waals surface area contributed by atoms with Gasteiger partial charge in [0, 0.05) is 5.56 Å². The van der Waals surface area contributed by atoms with Crippen LogP contribution in [0.2, 0.25) is 0 Å². The summed E-state index contributed by atoms with van der Waals surface area (Å²) >= 11 is 0. The number of aliphatic hydroxyl groups excluding tert-OH is 1. The summed E-state index contributed by atoms with van der Waals surface area (Å²) < 4.78 is 5.23. The minimum atomic E-state index is -0.138. The van der Waals surface area contributed by atoms with Crippen molar-refractivity contribution >= 4 is 11.9 Å². The van der Waals surface area contributed by atoms with Gasteiger partial charge in [-0.3, -0.25) is 4.79 Å². The quantitative estimate of drug-likeness (QED) is 0.646. The van der Waals surface area contributed by atoms with E-state index >= 15 is 0 Å². The Balaban J connectivity index is 2.08. The van der Waals surface area contributed by atoms with Crippen molar-refractivity contribution in [3.05, 3.63) is 65.6 Å². The molecule has 1 N–H and O–H groups in total. The van der Waals surface area contributed by atoms with Gasteiger partial charge in [-0.15, -0.1) is 0 Å². The van der Waals surface area contributed by atoms with E-state index in [9.17, 15) is 4.79 Å². The molecule has 0 saturated heterocycles. The summed E-state index contributed by atoms with van der Waals surface area (Å²) in [6, 6.07) is 12.4. The van der Waals surface area contributed by atoms with Gasteiger partial charge in [0.05, 0.1) is 0 Å². The van der Waals surface area contributed by atoms with Gasteiger partial charge in [-0.1, -0.05) is 30.3 Å². The molecule has 17 heavy (non-hydrogen) atoms. The van der Waals surface area contributed by atoms with Crippen molar-refractivity contribution in [2.75, 3.05) is 0 Å². The largest absolute Gasteiger partial charge is 0.459 e. The highest BCUT2D eigenvalue weighted by Gasteiger charge is 2.01. The molecule has 2 rings (SSSR count). The molecule has 0 saturated carbocycles. The normalized spacial score (nSPS) is 10.9. The minimum Gasteiger partial charge on any atom is -0.459 e. The number of allylic oxidation sites excluding steroid dienone is 1. The number of carbonyl (C=O) groups is 1. The van der Waals surface area contributed by atoms with E-state index in [4.69, 9.17) is 9.52 Å². The summed E-state index contributed by atoms with van der Waals surface area (Å²) in [5, 5.41) is 8.82. The number of carbonyl (C=O) groups excluding carboxylic acids is 1. The fourth-order valence-corrected chi connectivity index (χ4v) is 1.43. The van der Waals surface area contributed by atoms with Crippen LogP contribution < -0.4 is 0 Å². The first-order valence-electron chi connectivity index (χ1n) is 5.26. The van der Waals surface area contributed by atoms with Crippen LogP contribution in [-0.4, -0.2) is 10.9 Å². The maximum absolute atomic E-state index is 11.7. The van der Waals surface area contributed by atoms with Crippen LogP contribution in [0, 0.1) is 0 Å². The summed E-state index contributed by atoms with van der Waals surface area (Å²) in [6.45, 7) is -0.138. The van der Waals surface area contributed by atoms with Gasteiger partial charge >= 0.3 is 0 Å². The number of ketones is 1. The second kappa shape index (κ2) is 5.27. The Hall–Kier alpha value is -2.13. The van der Waals surface area contributed by atoms with Crippen LogP contribution in [0.15, 0.2) is 53.0 Å². The fraction of sp³-hybridized carbons (Fsp3) is 0.0714. The maximum Gasteiger partial charge on any atom is 0.185 e. The van der Waals surface area contributed by atoms with Gasteiger partial charge in [-0.2, -0.15) is 0 Å². The van der Waals surface area contributed by atoms with Crippen LogP contribution in [-0.2, 0) is 6.61 Å². The molecule has 0 fully saturated rings. The first-order chi connectivity index (χ1) is 8.29. The predicted molar refractivity (Wildman–Crippen MR) is 64.4 cm³/mol. The van der Waals surface area contributed by atoms with Crippen molar-refractivity contribution in [1.29, 1.82) is 0 Å². The van der Waals surface area contributed by atoms with E-state index in [1.54, 1.807) is 30.3 Å². The second-order valence-corrected chi connectivity index (χ2v) is 3.53. The van der Waals surface area contributed by atoms with E-state index in [0.717, 1.165) is 0 Å². The lowest BCUT2D eigenvalue weighted by Gasteiger charge is -1.93. The van der Waals surface area contributed by atoms with E-state index in [1.807, 2.05) is 18.2 Å². The molecule has 86 valence electrons. The molecule has 2 aromatic rings. The highest BCUT2D eigenvalue weighted by molar-refractivity contribution is 6.06. The van der Waals surface area contributed by atoms with E-state index in [-0.39, 0.29) is 12.4 Å². The topological polar surface area (TPSA) is 50.4 Å². The Morgan fingerprint density at radius 3 is 2.59 bits per heavy atom. The lowest BCUT2D eigenvalue weighted by atomic mass is 10.1. The van der Waals surface area contributed by atoms with Crippen molar-refractivity contribution in [2.24, 2.45) is 0 Å². The molecule has 1 heterocycles. The van der Waals surface area contributed by atoms with Crippen LogP contribution in [0.4, 0.5) is 0 Å². The van der Waals surface area contributed by atoms with Gasteiger partial charge in [0.15, 0.2) is 5.78 Å². The summed E-state index contributed by atoms with van der Waals surface area (Å²) in [6.07, 6.45) is 3.05. The summed E-state index contributed by atoms with van der Waals surface area (Å²) in [4.78, 5) is 11.7. The Morgan fingerprint density at radius 2 is 1.94 bits per heavy atom. The molecule has 0 amide bonds. The average molecular weight is 228 g/mol. The molecule has 0 aliphatic carbocycles. The van der Waals surface area contributed by atoms with Gasteiger partial charge in [-0.05, 0) is 24.3 Å². The van der Waals surface area contributed by atoms with Crippen LogP contribution >= 0.6 is 0 Å². The number of benzene rings is 1. The van der Waals surface area contributed by atoms with Gasteiger partial charge in [0.1, 0.15) is 18.1 Å². The molecule has 0 bridgehead atoms. The standard InChI is InChI=1S/C14H12O3/c15-10-13-7-6-12(17-13)8-9-14(16)11-4-2-1-3-5-11/h1-9,15H,10H2. The molecular weight excluding hydrogens is 216 g/mol. The number of rotatable bonds is 4. The zero-order valence-electron chi connectivity index (χ0n) is 9.17. The van der Waals surface area contributed by atoms with Gasteiger partial charge in [0.2, 0.25) is 0 Å². The Labute approximate surface area is 99.0 Å². The van der Waals surface area contributed by atoms with Gasteiger partial charge < -0.3 is 9.52 Å². The van der Waals surface area contributed by atoms with Crippen molar-refractivity contribution in [2.45, 2.75) is 6.61 Å². The number of furan rings is 1. The van der Waals surface area contributed by atoms with Crippen LogP contribution in [0.1, 0.15) is 21.9 Å². The van der Waals surface area contributed by atoms with E-state index in [0.29, 0.717) is 17.1 Å². The van der Waals surface area contributed by atoms with Crippen molar-refractivity contribution in [3.8, 4) is 0 Å². The maximum atomic E-state index is 11.7. The molecule has 0 radical (unpaired) electrons. The van der Waals surface area contributed by atoms with Crippen LogP contribution in [0.5, 0.6) is 0 Å².